The molecule has 0 bridgehead atoms. The highest BCUT2D eigenvalue weighted by Gasteiger charge is 2.45. The summed E-state index contributed by atoms with van der Waals surface area (Å²) < 4.78 is 3.87. The quantitative estimate of drug-likeness (QED) is 0.886. The summed E-state index contributed by atoms with van der Waals surface area (Å²) >= 11 is 1.27. The topological polar surface area (TPSA) is 87.5 Å². The third-order valence-corrected chi connectivity index (χ3v) is 5.13. The average Bonchev–Trinajstić information content (AvgIpc) is 3.16. The summed E-state index contributed by atoms with van der Waals surface area (Å²) in [6.45, 7) is 3.67. The molecular weight excluding hydrogens is 362 g/mol. The first-order valence-electron chi connectivity index (χ1n) is 8.42. The van der Waals surface area contributed by atoms with Gasteiger partial charge in [0.1, 0.15) is 17.1 Å². The van der Waals surface area contributed by atoms with Crippen LogP contribution in [0.1, 0.15) is 20.3 Å². The van der Waals surface area contributed by atoms with E-state index >= 15 is 0 Å². The first-order chi connectivity index (χ1) is 13.0. The number of aliphatic imine (C=N–C) groups is 1. The highest BCUT2D eigenvalue weighted by Crippen LogP contribution is 2.31. The van der Waals surface area contributed by atoms with E-state index in [9.17, 15) is 9.59 Å². The van der Waals surface area contributed by atoms with Gasteiger partial charge in [-0.2, -0.15) is 4.99 Å². The van der Waals surface area contributed by atoms with E-state index in [1.165, 1.54) is 11.5 Å². The molecule has 0 radical (unpaired) electrons. The fourth-order valence-corrected chi connectivity index (χ4v) is 3.61. The van der Waals surface area contributed by atoms with E-state index in [0.717, 1.165) is 16.8 Å². The number of hydrogen-bond donors (Lipinski definition) is 1. The number of aromatic nitrogens is 2. The molecule has 0 fully saturated rings. The Bertz CT molecular complexity index is 1010. The number of hydrogen-bond acceptors (Lipinski definition) is 6. The molecule has 2 aromatic rings. The number of anilines is 1. The van der Waals surface area contributed by atoms with Gasteiger partial charge < -0.3 is 10.2 Å². The Labute approximate surface area is 160 Å². The second-order valence-corrected chi connectivity index (χ2v) is 7.32. The third kappa shape index (κ3) is 3.19. The molecule has 1 atom stereocenters. The minimum absolute atomic E-state index is 0.00918. The Kier molecular flexibility index (Phi) is 4.19. The van der Waals surface area contributed by atoms with Gasteiger partial charge in [-0.25, -0.2) is 0 Å². The maximum Gasteiger partial charge on any atom is 0.250 e. The van der Waals surface area contributed by atoms with Crippen LogP contribution in [0.5, 0.6) is 0 Å². The number of benzene rings is 1. The summed E-state index contributed by atoms with van der Waals surface area (Å²) in [5.41, 5.74) is 2.18. The molecule has 0 saturated heterocycles. The monoisotopic (exact) mass is 379 g/mol. The van der Waals surface area contributed by atoms with Crippen molar-refractivity contribution in [2.24, 2.45) is 4.99 Å². The molecule has 1 unspecified atom stereocenters. The maximum absolute atomic E-state index is 13.1. The van der Waals surface area contributed by atoms with Crippen molar-refractivity contribution in [2.75, 3.05) is 5.32 Å². The van der Waals surface area contributed by atoms with Crippen LogP contribution in [0.2, 0.25) is 0 Å². The number of carbonyl (C=O) groups is 2. The third-order valence-electron chi connectivity index (χ3n) is 4.62. The Morgan fingerprint density at radius 3 is 3.00 bits per heavy atom. The van der Waals surface area contributed by atoms with Crippen LogP contribution in [-0.4, -0.2) is 37.7 Å². The predicted octanol–water partition coefficient (Wildman–Crippen LogP) is 3.01. The van der Waals surface area contributed by atoms with Crippen LogP contribution in [-0.2, 0) is 9.59 Å². The van der Waals surface area contributed by atoms with Crippen molar-refractivity contribution in [1.82, 2.24) is 14.5 Å². The lowest BCUT2D eigenvalue weighted by Crippen LogP contribution is -2.58. The zero-order chi connectivity index (χ0) is 19.0. The number of fused-ring (bicyclic) bond motifs is 1. The Hall–Kier alpha value is -3.13. The maximum atomic E-state index is 13.1. The van der Waals surface area contributed by atoms with Crippen molar-refractivity contribution >= 4 is 34.9 Å². The van der Waals surface area contributed by atoms with E-state index in [1.807, 2.05) is 36.6 Å². The van der Waals surface area contributed by atoms with Crippen LogP contribution in [0.15, 0.2) is 58.6 Å². The van der Waals surface area contributed by atoms with Gasteiger partial charge in [-0.05, 0) is 55.2 Å². The van der Waals surface area contributed by atoms with Gasteiger partial charge in [-0.3, -0.25) is 9.59 Å². The SMILES string of the molecule is CC1=CC2=NC(=O)CC(C)(C(=O)Nc3cccc(-c4csnn4)c3)N2C=C1. The van der Waals surface area contributed by atoms with Gasteiger partial charge in [-0.15, -0.1) is 5.10 Å². The second kappa shape index (κ2) is 6.55. The smallest absolute Gasteiger partial charge is 0.250 e. The first kappa shape index (κ1) is 17.3. The average molecular weight is 379 g/mol. The van der Waals surface area contributed by atoms with Crippen LogP contribution in [0, 0.1) is 0 Å². The van der Waals surface area contributed by atoms with Crippen molar-refractivity contribution in [1.29, 1.82) is 0 Å². The second-order valence-electron chi connectivity index (χ2n) is 6.71. The van der Waals surface area contributed by atoms with Crippen molar-refractivity contribution in [3.8, 4) is 11.3 Å². The lowest BCUT2D eigenvalue weighted by molar-refractivity contribution is -0.130. The molecule has 27 heavy (non-hydrogen) atoms. The Balaban J connectivity index is 1.61. The Morgan fingerprint density at radius 1 is 1.37 bits per heavy atom. The molecule has 7 nitrogen and oxygen atoms in total. The molecule has 1 aromatic heterocycles. The molecule has 2 amide bonds. The van der Waals surface area contributed by atoms with Gasteiger partial charge in [0.05, 0.1) is 6.42 Å². The number of carbonyl (C=O) groups excluding carboxylic acids is 2. The lowest BCUT2D eigenvalue weighted by Gasteiger charge is -2.42. The zero-order valence-corrected chi connectivity index (χ0v) is 15.7. The van der Waals surface area contributed by atoms with Gasteiger partial charge in [0, 0.05) is 22.8 Å². The van der Waals surface area contributed by atoms with Crippen LogP contribution < -0.4 is 5.32 Å². The minimum Gasteiger partial charge on any atom is -0.324 e. The molecule has 4 rings (SSSR count). The number of nitrogens with zero attached hydrogens (tertiary/aromatic N) is 4. The number of amides is 2. The van der Waals surface area contributed by atoms with E-state index in [1.54, 1.807) is 30.2 Å². The molecule has 2 aliphatic rings. The Morgan fingerprint density at radius 2 is 2.22 bits per heavy atom. The van der Waals surface area contributed by atoms with Crippen LogP contribution in [0.3, 0.4) is 0 Å². The normalized spacial score (nSPS) is 21.4. The lowest BCUT2D eigenvalue weighted by atomic mass is 9.90. The van der Waals surface area contributed by atoms with Crippen LogP contribution in [0.25, 0.3) is 11.3 Å². The predicted molar refractivity (Wildman–Crippen MR) is 104 cm³/mol. The van der Waals surface area contributed by atoms with Gasteiger partial charge in [-0.1, -0.05) is 16.6 Å². The molecule has 0 saturated carbocycles. The van der Waals surface area contributed by atoms with E-state index in [0.29, 0.717) is 11.5 Å². The molecule has 1 N–H and O–H groups in total. The van der Waals surface area contributed by atoms with Gasteiger partial charge >= 0.3 is 0 Å². The molecule has 0 spiro atoms. The number of allylic oxidation sites excluding steroid dienone is 2. The summed E-state index contributed by atoms with van der Waals surface area (Å²) in [5.74, 6) is -0.0823. The summed E-state index contributed by atoms with van der Waals surface area (Å²) in [6.07, 6.45) is 5.52. The standard InChI is InChI=1S/C19H17N5O2S/c1-12-6-7-24-16(8-12)21-17(25)10-19(24,2)18(26)20-14-5-3-4-13(9-14)15-11-27-23-22-15/h3-9,11H,10H2,1-2H3,(H,20,26). The molecule has 2 aliphatic heterocycles. The van der Waals surface area contributed by atoms with E-state index < -0.39 is 5.54 Å². The summed E-state index contributed by atoms with van der Waals surface area (Å²) in [5, 5.41) is 8.83. The number of rotatable bonds is 3. The molecule has 0 aliphatic carbocycles. The molecule has 136 valence electrons. The van der Waals surface area contributed by atoms with Crippen molar-refractivity contribution < 1.29 is 9.59 Å². The molecule has 8 heteroatoms. The molecule has 1 aromatic carbocycles. The van der Waals surface area contributed by atoms with Gasteiger partial charge in [0.15, 0.2) is 0 Å². The molecule has 3 heterocycles. The van der Waals surface area contributed by atoms with Gasteiger partial charge in [0.25, 0.3) is 11.8 Å². The van der Waals surface area contributed by atoms with Gasteiger partial charge in [0.2, 0.25) is 0 Å². The van der Waals surface area contributed by atoms with Crippen LogP contribution >= 0.6 is 11.5 Å². The summed E-state index contributed by atoms with van der Waals surface area (Å²) in [4.78, 5) is 31.1. The number of nitrogens with one attached hydrogen (secondary N) is 1. The fraction of sp³-hybridized carbons (Fsp3) is 0.211. The zero-order valence-electron chi connectivity index (χ0n) is 14.8. The highest BCUT2D eigenvalue weighted by molar-refractivity contribution is 7.03. The van der Waals surface area contributed by atoms with E-state index in [2.05, 4.69) is 19.9 Å². The number of amidine groups is 1. The fourth-order valence-electron chi connectivity index (χ4n) is 3.14. The van der Waals surface area contributed by atoms with Crippen molar-refractivity contribution in [3.63, 3.8) is 0 Å². The largest absolute Gasteiger partial charge is 0.324 e. The molecular formula is C19H17N5O2S. The highest BCUT2D eigenvalue weighted by atomic mass is 32.1. The summed E-state index contributed by atoms with van der Waals surface area (Å²) in [6, 6.07) is 7.40. The van der Waals surface area contributed by atoms with Crippen molar-refractivity contribution in [3.05, 3.63) is 53.6 Å². The first-order valence-corrected chi connectivity index (χ1v) is 9.26. The summed E-state index contributed by atoms with van der Waals surface area (Å²) in [7, 11) is 0. The van der Waals surface area contributed by atoms with E-state index in [-0.39, 0.29) is 18.2 Å². The van der Waals surface area contributed by atoms with Crippen LogP contribution in [0.4, 0.5) is 5.69 Å². The minimum atomic E-state index is -1.06. The van der Waals surface area contributed by atoms with E-state index in [4.69, 9.17) is 0 Å². The van der Waals surface area contributed by atoms with Crippen molar-refractivity contribution in [2.45, 2.75) is 25.8 Å².